The van der Waals surface area contributed by atoms with E-state index >= 15 is 0 Å². The van der Waals surface area contributed by atoms with Crippen molar-refractivity contribution in [2.75, 3.05) is 6.61 Å². The molecule has 1 aromatic carbocycles. The summed E-state index contributed by atoms with van der Waals surface area (Å²) >= 11 is 0. The van der Waals surface area contributed by atoms with E-state index in [1.54, 1.807) is 10.9 Å². The normalized spacial score (nSPS) is 23.4. The van der Waals surface area contributed by atoms with Crippen LogP contribution in [0.1, 0.15) is 33.4 Å². The molecule has 1 aliphatic heterocycles. The summed E-state index contributed by atoms with van der Waals surface area (Å²) in [6.45, 7) is 4.16. The molecule has 0 amide bonds. The van der Waals surface area contributed by atoms with Gasteiger partial charge in [0.1, 0.15) is 18.4 Å². The van der Waals surface area contributed by atoms with Gasteiger partial charge in [-0.2, -0.15) is 0 Å². The maximum absolute atomic E-state index is 11.9. The number of benzene rings is 1. The fourth-order valence-corrected chi connectivity index (χ4v) is 3.56. The van der Waals surface area contributed by atoms with E-state index in [0.29, 0.717) is 5.69 Å². The average molecular weight is 505 g/mol. The second-order valence-corrected chi connectivity index (χ2v) is 7.87. The summed E-state index contributed by atoms with van der Waals surface area (Å²) in [5.41, 5.74) is 1.20. The van der Waals surface area contributed by atoms with E-state index in [1.165, 1.54) is 6.92 Å². The van der Waals surface area contributed by atoms with E-state index in [-0.39, 0.29) is 13.2 Å². The number of carbonyl (C=O) groups excluding carboxylic acids is 4. The minimum atomic E-state index is -1.31. The van der Waals surface area contributed by atoms with E-state index in [2.05, 4.69) is 10.3 Å². The lowest BCUT2D eigenvalue weighted by molar-refractivity contribution is -0.310. The van der Waals surface area contributed by atoms with Crippen LogP contribution in [0, 0.1) is 0 Å². The van der Waals surface area contributed by atoms with E-state index in [1.807, 2.05) is 30.3 Å². The molecule has 1 aliphatic rings. The van der Waals surface area contributed by atoms with Crippen molar-refractivity contribution in [2.24, 2.45) is 0 Å². The van der Waals surface area contributed by atoms with Crippen molar-refractivity contribution < 1.29 is 47.6 Å². The van der Waals surface area contributed by atoms with Crippen LogP contribution in [0.3, 0.4) is 0 Å². The topological polar surface area (TPSA) is 154 Å². The minimum absolute atomic E-state index is 0.124. The highest BCUT2D eigenvalue weighted by Crippen LogP contribution is 2.30. The Bertz CT molecular complexity index is 1070. The van der Waals surface area contributed by atoms with Crippen molar-refractivity contribution in [2.45, 2.75) is 65.0 Å². The zero-order chi connectivity index (χ0) is 26.2. The Kier molecular flexibility index (Phi) is 9.08. The van der Waals surface area contributed by atoms with E-state index in [0.717, 1.165) is 26.5 Å². The number of rotatable bonds is 9. The summed E-state index contributed by atoms with van der Waals surface area (Å²) in [6.07, 6.45) is -4.64. The fourth-order valence-electron chi connectivity index (χ4n) is 3.56. The number of aromatic nitrogens is 3. The molecule has 0 aliphatic carbocycles. The van der Waals surface area contributed by atoms with Crippen molar-refractivity contribution in [3.63, 3.8) is 0 Å². The molecule has 3 rings (SSSR count). The lowest BCUT2D eigenvalue weighted by Gasteiger charge is -2.43. The maximum atomic E-state index is 11.9. The van der Waals surface area contributed by atoms with E-state index < -0.39 is 54.6 Å². The van der Waals surface area contributed by atoms with Crippen LogP contribution in [-0.2, 0) is 54.2 Å². The van der Waals surface area contributed by atoms with Crippen molar-refractivity contribution in [3.05, 3.63) is 42.2 Å². The Balaban J connectivity index is 1.85. The Hall–Kier alpha value is -3.84. The van der Waals surface area contributed by atoms with Crippen LogP contribution in [-0.4, -0.2) is 76.2 Å². The van der Waals surface area contributed by atoms with E-state index in [9.17, 15) is 19.2 Å². The lowest BCUT2D eigenvalue weighted by Crippen LogP contribution is -2.62. The Morgan fingerprint density at radius 2 is 1.47 bits per heavy atom. The van der Waals surface area contributed by atoms with Crippen molar-refractivity contribution >= 4 is 23.9 Å². The molecule has 0 unspecified atom stereocenters. The molecular formula is C23H27N3O10. The molecule has 13 nitrogen and oxygen atoms in total. The summed E-state index contributed by atoms with van der Waals surface area (Å²) in [7, 11) is 0. The molecule has 13 heteroatoms. The second kappa shape index (κ2) is 12.2. The monoisotopic (exact) mass is 505 g/mol. The molecule has 5 atom stereocenters. The number of esters is 4. The standard InChI is InChI=1S/C23H27N3O10/c1-13(27)31-12-19-20(33-14(2)28)21(34-15(3)29)22(35-16(4)30)23(36-19)32-11-17-10-26(25-24-17)18-8-6-5-7-9-18/h5-10,19-23H,11-12H2,1-4H3/t19-,20-,21+,22-,23-/m1/s1. The molecule has 2 heterocycles. The largest absolute Gasteiger partial charge is 0.463 e. The van der Waals surface area contributed by atoms with Gasteiger partial charge >= 0.3 is 23.9 Å². The number of carbonyl (C=O) groups is 4. The SMILES string of the molecule is CC(=O)OC[C@H]1O[C@@H](OCc2cn(-c3ccccc3)nn2)[C@H](OC(C)=O)[C@@H](OC(C)=O)[C@@H]1OC(C)=O. The molecule has 0 radical (unpaired) electrons. The van der Waals surface area contributed by atoms with Gasteiger partial charge in [-0.15, -0.1) is 5.10 Å². The molecule has 0 bridgehead atoms. The van der Waals surface area contributed by atoms with Gasteiger partial charge in [-0.3, -0.25) is 19.2 Å². The first kappa shape index (κ1) is 26.8. The quantitative estimate of drug-likeness (QED) is 0.351. The first-order valence-corrected chi connectivity index (χ1v) is 11.0. The summed E-state index contributed by atoms with van der Waals surface area (Å²) in [5, 5.41) is 8.12. The molecule has 0 saturated carbocycles. The molecule has 1 aromatic heterocycles. The van der Waals surface area contributed by atoms with E-state index in [4.69, 9.17) is 28.4 Å². The van der Waals surface area contributed by atoms with Crippen LogP contribution in [0.15, 0.2) is 36.5 Å². The second-order valence-electron chi connectivity index (χ2n) is 7.87. The summed E-state index contributed by atoms with van der Waals surface area (Å²) in [5.74, 6) is -2.77. The zero-order valence-corrected chi connectivity index (χ0v) is 20.2. The first-order chi connectivity index (χ1) is 17.1. The molecular weight excluding hydrogens is 478 g/mol. The first-order valence-electron chi connectivity index (χ1n) is 11.0. The predicted molar refractivity (Wildman–Crippen MR) is 118 cm³/mol. The number of ether oxygens (including phenoxy) is 6. The third-order valence-corrected chi connectivity index (χ3v) is 4.91. The van der Waals surface area contributed by atoms with Gasteiger partial charge in [-0.25, -0.2) is 4.68 Å². The van der Waals surface area contributed by atoms with Gasteiger partial charge in [0.05, 0.1) is 18.5 Å². The van der Waals surface area contributed by atoms with Gasteiger partial charge in [0.2, 0.25) is 0 Å². The Morgan fingerprint density at radius 3 is 2.08 bits per heavy atom. The van der Waals surface area contributed by atoms with Crippen LogP contribution in [0.25, 0.3) is 5.69 Å². The molecule has 0 N–H and O–H groups in total. The van der Waals surface area contributed by atoms with Gasteiger partial charge in [-0.05, 0) is 12.1 Å². The predicted octanol–water partition coefficient (Wildman–Crippen LogP) is 0.867. The number of para-hydroxylation sites is 1. The number of nitrogens with zero attached hydrogens (tertiary/aromatic N) is 3. The fraction of sp³-hybridized carbons (Fsp3) is 0.478. The minimum Gasteiger partial charge on any atom is -0.463 e. The maximum Gasteiger partial charge on any atom is 0.303 e. The summed E-state index contributed by atoms with van der Waals surface area (Å²) < 4.78 is 34.4. The molecule has 1 saturated heterocycles. The van der Waals surface area contributed by atoms with Crippen LogP contribution >= 0.6 is 0 Å². The van der Waals surface area contributed by atoms with Gasteiger partial charge in [0.25, 0.3) is 0 Å². The van der Waals surface area contributed by atoms with Gasteiger partial charge in [0.15, 0.2) is 24.6 Å². The van der Waals surface area contributed by atoms with Crippen LogP contribution in [0.2, 0.25) is 0 Å². The average Bonchev–Trinajstić information content (AvgIpc) is 3.28. The lowest BCUT2D eigenvalue weighted by atomic mass is 9.98. The van der Waals surface area contributed by atoms with Crippen molar-refractivity contribution in [3.8, 4) is 5.69 Å². The molecule has 1 fully saturated rings. The Labute approximate surface area is 206 Å². The highest BCUT2D eigenvalue weighted by atomic mass is 16.7. The molecule has 194 valence electrons. The number of hydrogen-bond acceptors (Lipinski definition) is 12. The highest BCUT2D eigenvalue weighted by molar-refractivity contribution is 5.68. The summed E-state index contributed by atoms with van der Waals surface area (Å²) in [4.78, 5) is 46.9. The van der Waals surface area contributed by atoms with Gasteiger partial charge < -0.3 is 28.4 Å². The van der Waals surface area contributed by atoms with Crippen LogP contribution in [0.4, 0.5) is 0 Å². The molecule has 36 heavy (non-hydrogen) atoms. The van der Waals surface area contributed by atoms with Gasteiger partial charge in [-0.1, -0.05) is 23.4 Å². The molecule has 2 aromatic rings. The highest BCUT2D eigenvalue weighted by Gasteiger charge is 2.52. The summed E-state index contributed by atoms with van der Waals surface area (Å²) in [6, 6.07) is 9.27. The smallest absolute Gasteiger partial charge is 0.303 e. The van der Waals surface area contributed by atoms with Crippen LogP contribution in [0.5, 0.6) is 0 Å². The van der Waals surface area contributed by atoms with Crippen molar-refractivity contribution in [1.29, 1.82) is 0 Å². The van der Waals surface area contributed by atoms with Gasteiger partial charge in [0, 0.05) is 27.7 Å². The third kappa shape index (κ3) is 7.33. The Morgan fingerprint density at radius 1 is 0.861 bits per heavy atom. The molecule has 0 spiro atoms. The van der Waals surface area contributed by atoms with Crippen molar-refractivity contribution in [1.82, 2.24) is 15.0 Å². The third-order valence-electron chi connectivity index (χ3n) is 4.91. The number of hydrogen-bond donors (Lipinski definition) is 0. The zero-order valence-electron chi connectivity index (χ0n) is 20.2. The van der Waals surface area contributed by atoms with Crippen LogP contribution < -0.4 is 0 Å².